The Hall–Kier alpha value is -2.78. The van der Waals surface area contributed by atoms with Crippen LogP contribution in [0.3, 0.4) is 0 Å². The molecule has 3 aromatic rings. The minimum Gasteiger partial charge on any atom is -0.486 e. The molecule has 1 aliphatic carbocycles. The topological polar surface area (TPSA) is 85.1 Å². The van der Waals surface area contributed by atoms with Crippen LogP contribution in [0.15, 0.2) is 45.3 Å². The van der Waals surface area contributed by atoms with Gasteiger partial charge < -0.3 is 14.9 Å². The van der Waals surface area contributed by atoms with E-state index in [-0.39, 0.29) is 5.82 Å². The van der Waals surface area contributed by atoms with Crippen molar-refractivity contribution >= 4 is 21.7 Å². The Kier molecular flexibility index (Phi) is 4.87. The molecule has 0 spiro atoms. The van der Waals surface area contributed by atoms with Crippen molar-refractivity contribution in [1.29, 1.82) is 5.26 Å². The summed E-state index contributed by atoms with van der Waals surface area (Å²) >= 11 is 3.40. The van der Waals surface area contributed by atoms with Crippen LogP contribution in [0.25, 0.3) is 11.3 Å². The van der Waals surface area contributed by atoms with E-state index in [0.717, 1.165) is 52.7 Å². The zero-order valence-corrected chi connectivity index (χ0v) is 16.3. The standard InChI is InChI=1S/C21H18BrN3O2/c22-13-5-7-14(8-6-13)26-12-15-9-10-19(27-15)20-16-3-1-2-4-18(16)25-21(24)17(20)11-23/h5-10H,1-4,12H2,(H2,24,25). The van der Waals surface area contributed by atoms with Crippen molar-refractivity contribution in [3.63, 3.8) is 0 Å². The highest BCUT2D eigenvalue weighted by molar-refractivity contribution is 9.10. The van der Waals surface area contributed by atoms with E-state index in [1.165, 1.54) is 0 Å². The summed E-state index contributed by atoms with van der Waals surface area (Å²) in [5, 5.41) is 9.60. The Morgan fingerprint density at radius 3 is 2.70 bits per heavy atom. The number of ether oxygens (including phenoxy) is 1. The molecule has 0 fully saturated rings. The number of nitrogens with two attached hydrogens (primary N) is 1. The Morgan fingerprint density at radius 2 is 1.93 bits per heavy atom. The lowest BCUT2D eigenvalue weighted by molar-refractivity contribution is 0.272. The molecule has 0 radical (unpaired) electrons. The Labute approximate surface area is 165 Å². The van der Waals surface area contributed by atoms with Crippen LogP contribution in [-0.4, -0.2) is 4.98 Å². The summed E-state index contributed by atoms with van der Waals surface area (Å²) in [7, 11) is 0. The van der Waals surface area contributed by atoms with Gasteiger partial charge in [-0.15, -0.1) is 0 Å². The maximum Gasteiger partial charge on any atom is 0.146 e. The number of nitrogens with zero attached hydrogens (tertiary/aromatic N) is 2. The molecule has 5 nitrogen and oxygen atoms in total. The van der Waals surface area contributed by atoms with Gasteiger partial charge in [-0.05, 0) is 67.6 Å². The third-order valence-corrected chi connectivity index (χ3v) is 5.25. The predicted octanol–water partition coefficient (Wildman–Crippen LogP) is 5.02. The number of nitrogen functional groups attached to an aromatic ring is 1. The van der Waals surface area contributed by atoms with Crippen LogP contribution in [0.4, 0.5) is 5.82 Å². The van der Waals surface area contributed by atoms with Crippen molar-refractivity contribution in [1.82, 2.24) is 4.98 Å². The van der Waals surface area contributed by atoms with Gasteiger partial charge in [-0.1, -0.05) is 15.9 Å². The van der Waals surface area contributed by atoms with Crippen molar-refractivity contribution in [2.45, 2.75) is 32.3 Å². The molecule has 0 atom stereocenters. The molecule has 2 aromatic heterocycles. The van der Waals surface area contributed by atoms with Gasteiger partial charge in [-0.25, -0.2) is 4.98 Å². The van der Waals surface area contributed by atoms with Gasteiger partial charge in [0.25, 0.3) is 0 Å². The highest BCUT2D eigenvalue weighted by Crippen LogP contribution is 2.36. The normalized spacial score (nSPS) is 13.0. The van der Waals surface area contributed by atoms with Crippen molar-refractivity contribution in [3.05, 3.63) is 63.5 Å². The minimum atomic E-state index is 0.275. The highest BCUT2D eigenvalue weighted by Gasteiger charge is 2.23. The van der Waals surface area contributed by atoms with Gasteiger partial charge in [-0.3, -0.25) is 0 Å². The lowest BCUT2D eigenvalue weighted by Crippen LogP contribution is -2.11. The molecular weight excluding hydrogens is 406 g/mol. The first-order valence-electron chi connectivity index (χ1n) is 8.84. The number of aryl methyl sites for hydroxylation is 1. The van der Waals surface area contributed by atoms with Gasteiger partial charge in [0.2, 0.25) is 0 Å². The summed E-state index contributed by atoms with van der Waals surface area (Å²) in [6.07, 6.45) is 3.95. The maximum absolute atomic E-state index is 9.60. The van der Waals surface area contributed by atoms with E-state index in [2.05, 4.69) is 27.0 Å². The quantitative estimate of drug-likeness (QED) is 0.636. The van der Waals surface area contributed by atoms with Gasteiger partial charge in [0.15, 0.2) is 0 Å². The summed E-state index contributed by atoms with van der Waals surface area (Å²) in [4.78, 5) is 4.45. The van der Waals surface area contributed by atoms with Crippen LogP contribution in [0.1, 0.15) is 35.4 Å². The van der Waals surface area contributed by atoms with E-state index in [4.69, 9.17) is 14.9 Å². The molecule has 0 amide bonds. The second kappa shape index (κ2) is 7.45. The number of halogens is 1. The number of hydrogen-bond acceptors (Lipinski definition) is 5. The van der Waals surface area contributed by atoms with E-state index < -0.39 is 0 Å². The monoisotopic (exact) mass is 423 g/mol. The van der Waals surface area contributed by atoms with E-state index in [0.29, 0.717) is 23.7 Å². The van der Waals surface area contributed by atoms with Gasteiger partial charge in [0, 0.05) is 15.7 Å². The van der Waals surface area contributed by atoms with Crippen LogP contribution in [-0.2, 0) is 19.4 Å². The number of benzene rings is 1. The minimum absolute atomic E-state index is 0.275. The number of fused-ring (bicyclic) bond motifs is 1. The molecule has 2 N–H and O–H groups in total. The molecule has 6 heteroatoms. The predicted molar refractivity (Wildman–Crippen MR) is 106 cm³/mol. The molecule has 1 aromatic carbocycles. The van der Waals surface area contributed by atoms with E-state index >= 15 is 0 Å². The third kappa shape index (κ3) is 3.56. The molecule has 0 saturated carbocycles. The summed E-state index contributed by atoms with van der Waals surface area (Å²) in [6, 6.07) is 13.6. The second-order valence-electron chi connectivity index (χ2n) is 6.50. The SMILES string of the molecule is N#Cc1c(N)nc2c(c1-c1ccc(COc3ccc(Br)cc3)o1)CCCC2. The van der Waals surface area contributed by atoms with Crippen LogP contribution in [0, 0.1) is 11.3 Å². The molecule has 0 unspecified atom stereocenters. The zero-order valence-electron chi connectivity index (χ0n) is 14.7. The molecular formula is C21H18BrN3O2. The van der Waals surface area contributed by atoms with E-state index in [1.54, 1.807) is 0 Å². The first-order chi connectivity index (χ1) is 13.2. The fraction of sp³-hybridized carbons (Fsp3) is 0.238. The molecule has 4 rings (SSSR count). The van der Waals surface area contributed by atoms with Crippen LogP contribution in [0.2, 0.25) is 0 Å². The summed E-state index contributed by atoms with van der Waals surface area (Å²) in [6.45, 7) is 0.312. The number of rotatable bonds is 4. The Balaban J connectivity index is 1.64. The fourth-order valence-corrected chi connectivity index (χ4v) is 3.69. The van der Waals surface area contributed by atoms with Crippen LogP contribution in [0.5, 0.6) is 5.75 Å². The molecule has 27 heavy (non-hydrogen) atoms. The largest absolute Gasteiger partial charge is 0.486 e. The third-order valence-electron chi connectivity index (χ3n) is 4.72. The zero-order chi connectivity index (χ0) is 18.8. The number of aromatic nitrogens is 1. The molecule has 0 aliphatic heterocycles. The number of anilines is 1. The molecule has 1 aliphatic rings. The smallest absolute Gasteiger partial charge is 0.146 e. The van der Waals surface area contributed by atoms with Crippen molar-refractivity contribution in [3.8, 4) is 23.1 Å². The molecule has 2 heterocycles. The molecule has 136 valence electrons. The lowest BCUT2D eigenvalue weighted by atomic mass is 9.89. The summed E-state index contributed by atoms with van der Waals surface area (Å²) in [5.74, 6) is 2.38. The van der Waals surface area contributed by atoms with Crippen LogP contribution >= 0.6 is 15.9 Å². The van der Waals surface area contributed by atoms with Crippen molar-refractivity contribution < 1.29 is 9.15 Å². The van der Waals surface area contributed by atoms with E-state index in [1.807, 2.05) is 36.4 Å². The Bertz CT molecular complexity index is 1020. The van der Waals surface area contributed by atoms with Gasteiger partial charge in [-0.2, -0.15) is 5.26 Å². The van der Waals surface area contributed by atoms with Crippen molar-refractivity contribution in [2.24, 2.45) is 0 Å². The Morgan fingerprint density at radius 1 is 1.15 bits per heavy atom. The average Bonchev–Trinajstić information content (AvgIpc) is 3.15. The summed E-state index contributed by atoms with van der Waals surface area (Å²) in [5.41, 5.74) is 9.29. The van der Waals surface area contributed by atoms with Gasteiger partial charge in [0.05, 0.1) is 0 Å². The first-order valence-corrected chi connectivity index (χ1v) is 9.64. The maximum atomic E-state index is 9.60. The lowest BCUT2D eigenvalue weighted by Gasteiger charge is -2.19. The van der Waals surface area contributed by atoms with Crippen molar-refractivity contribution in [2.75, 3.05) is 5.73 Å². The molecule has 0 bridgehead atoms. The number of furan rings is 1. The highest BCUT2D eigenvalue weighted by atomic mass is 79.9. The first kappa shape index (κ1) is 17.6. The number of pyridine rings is 1. The second-order valence-corrected chi connectivity index (χ2v) is 7.42. The fourth-order valence-electron chi connectivity index (χ4n) is 3.42. The average molecular weight is 424 g/mol. The number of hydrogen-bond donors (Lipinski definition) is 1. The summed E-state index contributed by atoms with van der Waals surface area (Å²) < 4.78 is 12.8. The van der Waals surface area contributed by atoms with Crippen LogP contribution < -0.4 is 10.5 Å². The van der Waals surface area contributed by atoms with Gasteiger partial charge in [0.1, 0.15) is 41.3 Å². The molecule has 0 saturated heterocycles. The van der Waals surface area contributed by atoms with E-state index in [9.17, 15) is 5.26 Å². The number of nitriles is 1. The van der Waals surface area contributed by atoms with Gasteiger partial charge >= 0.3 is 0 Å².